The molecule has 0 N–H and O–H groups in total. The topological polar surface area (TPSA) is 42.4 Å². The van der Waals surface area contributed by atoms with E-state index in [2.05, 4.69) is 4.98 Å². The smallest absolute Gasteiger partial charge is 0.255 e. The Balaban J connectivity index is 2.09. The predicted molar refractivity (Wildman–Crippen MR) is 87.9 cm³/mol. The van der Waals surface area contributed by atoms with Crippen LogP contribution in [0.5, 0.6) is 5.75 Å². The number of hydrogen-bond acceptors (Lipinski definition) is 3. The van der Waals surface area contributed by atoms with Gasteiger partial charge in [0, 0.05) is 32.1 Å². The summed E-state index contributed by atoms with van der Waals surface area (Å²) in [6.45, 7) is 0.572. The van der Waals surface area contributed by atoms with E-state index in [-0.39, 0.29) is 5.91 Å². The number of halogens is 2. The van der Waals surface area contributed by atoms with Crippen LogP contribution in [0.2, 0.25) is 10.0 Å². The molecule has 0 saturated heterocycles. The zero-order valence-corrected chi connectivity index (χ0v) is 13.9. The van der Waals surface area contributed by atoms with Crippen molar-refractivity contribution in [2.45, 2.75) is 6.42 Å². The molecular formula is C16H16Cl2N2O2. The first-order valence-electron chi connectivity index (χ1n) is 6.70. The zero-order chi connectivity index (χ0) is 16.1. The van der Waals surface area contributed by atoms with Crippen LogP contribution in [-0.4, -0.2) is 36.5 Å². The Morgan fingerprint density at radius 2 is 1.91 bits per heavy atom. The molecule has 0 aliphatic rings. The molecule has 4 nitrogen and oxygen atoms in total. The first-order chi connectivity index (χ1) is 10.5. The number of rotatable bonds is 5. The highest BCUT2D eigenvalue weighted by molar-refractivity contribution is 6.36. The van der Waals surface area contributed by atoms with Gasteiger partial charge in [-0.15, -0.1) is 0 Å². The van der Waals surface area contributed by atoms with Gasteiger partial charge in [0.05, 0.1) is 22.7 Å². The van der Waals surface area contributed by atoms with Crippen LogP contribution in [0.4, 0.5) is 0 Å². The van der Waals surface area contributed by atoms with Crippen LogP contribution in [0.3, 0.4) is 0 Å². The Kier molecular flexibility index (Phi) is 5.63. The molecule has 6 heteroatoms. The van der Waals surface area contributed by atoms with E-state index < -0.39 is 0 Å². The van der Waals surface area contributed by atoms with Crippen molar-refractivity contribution in [3.8, 4) is 5.75 Å². The zero-order valence-electron chi connectivity index (χ0n) is 12.3. The molecule has 1 amide bonds. The number of carbonyl (C=O) groups is 1. The minimum absolute atomic E-state index is 0.177. The number of aromatic nitrogens is 1. The van der Waals surface area contributed by atoms with E-state index in [1.165, 1.54) is 13.2 Å². The first kappa shape index (κ1) is 16.6. The van der Waals surface area contributed by atoms with Gasteiger partial charge in [0.25, 0.3) is 5.91 Å². The minimum atomic E-state index is -0.177. The van der Waals surface area contributed by atoms with Crippen LogP contribution in [0.1, 0.15) is 15.9 Å². The maximum atomic E-state index is 12.5. The maximum absolute atomic E-state index is 12.5. The largest absolute Gasteiger partial charge is 0.495 e. The number of hydrogen-bond donors (Lipinski definition) is 0. The van der Waals surface area contributed by atoms with Gasteiger partial charge in [-0.25, -0.2) is 0 Å². The molecule has 1 aromatic carbocycles. The molecule has 0 unspecified atom stereocenters. The molecule has 2 aromatic rings. The lowest BCUT2D eigenvalue weighted by Crippen LogP contribution is -2.29. The lowest BCUT2D eigenvalue weighted by atomic mass is 10.1. The van der Waals surface area contributed by atoms with Crippen molar-refractivity contribution in [3.63, 3.8) is 0 Å². The van der Waals surface area contributed by atoms with Crippen molar-refractivity contribution in [1.82, 2.24) is 9.88 Å². The summed E-state index contributed by atoms with van der Waals surface area (Å²) in [4.78, 5) is 18.1. The van der Waals surface area contributed by atoms with Crippen LogP contribution in [0.25, 0.3) is 0 Å². The van der Waals surface area contributed by atoms with E-state index in [9.17, 15) is 4.79 Å². The fraction of sp³-hybridized carbons (Fsp3) is 0.250. The average molecular weight is 339 g/mol. The van der Waals surface area contributed by atoms with Gasteiger partial charge in [0.1, 0.15) is 5.75 Å². The van der Waals surface area contributed by atoms with Gasteiger partial charge < -0.3 is 9.64 Å². The molecule has 0 spiro atoms. The van der Waals surface area contributed by atoms with Crippen molar-refractivity contribution in [2.75, 3.05) is 20.7 Å². The van der Waals surface area contributed by atoms with Gasteiger partial charge >= 0.3 is 0 Å². The second kappa shape index (κ2) is 7.47. The van der Waals surface area contributed by atoms with E-state index in [0.29, 0.717) is 27.9 Å². The molecule has 1 aromatic heterocycles. The normalized spacial score (nSPS) is 10.4. The van der Waals surface area contributed by atoms with E-state index in [1.54, 1.807) is 30.4 Å². The second-order valence-corrected chi connectivity index (χ2v) is 5.61. The number of benzene rings is 1. The monoisotopic (exact) mass is 338 g/mol. The Labute approximate surface area is 139 Å². The van der Waals surface area contributed by atoms with Gasteiger partial charge in [0.2, 0.25) is 0 Å². The number of pyridine rings is 1. The molecular weight excluding hydrogens is 323 g/mol. The van der Waals surface area contributed by atoms with Crippen molar-refractivity contribution in [3.05, 3.63) is 57.8 Å². The summed E-state index contributed by atoms with van der Waals surface area (Å²) >= 11 is 12.2. The third-order valence-electron chi connectivity index (χ3n) is 3.30. The third kappa shape index (κ3) is 3.90. The molecule has 1 heterocycles. The molecule has 0 radical (unpaired) electrons. The van der Waals surface area contributed by atoms with E-state index in [1.807, 2.05) is 12.1 Å². The lowest BCUT2D eigenvalue weighted by Gasteiger charge is -2.18. The molecule has 0 aliphatic carbocycles. The van der Waals surface area contributed by atoms with Crippen LogP contribution in [0.15, 0.2) is 36.7 Å². The van der Waals surface area contributed by atoms with Crippen molar-refractivity contribution in [1.29, 1.82) is 0 Å². The van der Waals surface area contributed by atoms with Crippen molar-refractivity contribution in [2.24, 2.45) is 0 Å². The lowest BCUT2D eigenvalue weighted by molar-refractivity contribution is 0.0797. The van der Waals surface area contributed by atoms with Gasteiger partial charge in [-0.3, -0.25) is 9.78 Å². The Hall–Kier alpha value is -1.78. The van der Waals surface area contributed by atoms with E-state index in [4.69, 9.17) is 27.9 Å². The van der Waals surface area contributed by atoms with E-state index >= 15 is 0 Å². The van der Waals surface area contributed by atoms with Crippen LogP contribution >= 0.6 is 23.2 Å². The van der Waals surface area contributed by atoms with Crippen LogP contribution in [-0.2, 0) is 6.42 Å². The Bertz CT molecular complexity index is 663. The summed E-state index contributed by atoms with van der Waals surface area (Å²) in [5.41, 5.74) is 1.48. The van der Waals surface area contributed by atoms with Gasteiger partial charge in [-0.2, -0.15) is 0 Å². The Morgan fingerprint density at radius 1 is 1.23 bits per heavy atom. The fourth-order valence-corrected chi connectivity index (χ4v) is 2.48. The molecule has 0 atom stereocenters. The number of amides is 1. The standard InChI is InChI=1S/C16H16Cl2N2O2/c1-20(8-5-11-3-6-19-7-4-11)16(21)12-9-14(18)15(22-2)10-13(12)17/h3-4,6-7,9-10H,5,8H2,1-2H3. The SMILES string of the molecule is COc1cc(Cl)c(C(=O)N(C)CCc2ccncc2)cc1Cl. The fourth-order valence-electron chi connectivity index (χ4n) is 2.00. The summed E-state index contributed by atoms with van der Waals surface area (Å²) in [6, 6.07) is 6.94. The van der Waals surface area contributed by atoms with Gasteiger partial charge in [-0.05, 0) is 30.2 Å². The summed E-state index contributed by atoms with van der Waals surface area (Å²) in [6.07, 6.45) is 4.21. The molecule has 0 saturated carbocycles. The molecule has 0 aliphatic heterocycles. The van der Waals surface area contributed by atoms with Gasteiger partial charge in [-0.1, -0.05) is 23.2 Å². The van der Waals surface area contributed by atoms with Crippen molar-refractivity contribution < 1.29 is 9.53 Å². The van der Waals surface area contributed by atoms with Gasteiger partial charge in [0.15, 0.2) is 0 Å². The molecule has 116 valence electrons. The number of carbonyl (C=O) groups excluding carboxylic acids is 1. The Morgan fingerprint density at radius 3 is 2.55 bits per heavy atom. The average Bonchev–Trinajstić information content (AvgIpc) is 2.54. The van der Waals surface area contributed by atoms with Crippen LogP contribution < -0.4 is 4.74 Å². The van der Waals surface area contributed by atoms with Crippen molar-refractivity contribution >= 4 is 29.1 Å². The first-order valence-corrected chi connectivity index (χ1v) is 7.46. The molecule has 2 rings (SSSR count). The van der Waals surface area contributed by atoms with Crippen LogP contribution in [0, 0.1) is 0 Å². The summed E-state index contributed by atoms with van der Waals surface area (Å²) in [7, 11) is 3.23. The maximum Gasteiger partial charge on any atom is 0.255 e. The second-order valence-electron chi connectivity index (χ2n) is 4.80. The molecule has 22 heavy (non-hydrogen) atoms. The number of nitrogens with zero attached hydrogens (tertiary/aromatic N) is 2. The number of likely N-dealkylation sites (N-methyl/N-ethyl adjacent to an activating group) is 1. The third-order valence-corrected chi connectivity index (χ3v) is 3.91. The molecule has 0 fully saturated rings. The highest BCUT2D eigenvalue weighted by Crippen LogP contribution is 2.31. The number of ether oxygens (including phenoxy) is 1. The highest BCUT2D eigenvalue weighted by Gasteiger charge is 2.17. The summed E-state index contributed by atoms with van der Waals surface area (Å²) in [5, 5.41) is 0.680. The minimum Gasteiger partial charge on any atom is -0.495 e. The highest BCUT2D eigenvalue weighted by atomic mass is 35.5. The summed E-state index contributed by atoms with van der Waals surface area (Å²) in [5.74, 6) is 0.270. The number of methoxy groups -OCH3 is 1. The quantitative estimate of drug-likeness (QED) is 0.834. The van der Waals surface area contributed by atoms with E-state index in [0.717, 1.165) is 12.0 Å². The molecule has 0 bridgehead atoms. The summed E-state index contributed by atoms with van der Waals surface area (Å²) < 4.78 is 5.08. The predicted octanol–water partition coefficient (Wildman–Crippen LogP) is 3.71.